The van der Waals surface area contributed by atoms with E-state index in [1.165, 1.54) is 12.1 Å². The van der Waals surface area contributed by atoms with Crippen molar-refractivity contribution in [3.63, 3.8) is 0 Å². The van der Waals surface area contributed by atoms with Crippen LogP contribution >= 0.6 is 11.6 Å². The number of aromatic nitrogens is 1. The first-order valence-electron chi connectivity index (χ1n) is 13.5. The average Bonchev–Trinajstić information content (AvgIpc) is 3.43. The van der Waals surface area contributed by atoms with Crippen molar-refractivity contribution in [1.82, 2.24) is 10.3 Å². The number of fused-ring (bicyclic) bond motifs is 2. The maximum absolute atomic E-state index is 13.6. The number of halogens is 1. The Balaban J connectivity index is 1.28. The number of carbonyl (C=O) groups excluding carboxylic acids is 2. The van der Waals surface area contributed by atoms with E-state index in [1.54, 1.807) is 12.3 Å². The minimum absolute atomic E-state index is 0.0177. The number of H-pyrrole nitrogens is 1. The number of esters is 1. The second-order valence-corrected chi connectivity index (χ2v) is 10.3. The van der Waals surface area contributed by atoms with Crippen LogP contribution in [0.25, 0.3) is 33.0 Å². The predicted octanol–water partition coefficient (Wildman–Crippen LogP) is 7.04. The zero-order valence-electron chi connectivity index (χ0n) is 22.7. The Morgan fingerprint density at radius 1 is 0.884 bits per heavy atom. The summed E-state index contributed by atoms with van der Waals surface area (Å²) < 4.78 is 16.5. The number of carbonyl (C=O) groups is 2. The van der Waals surface area contributed by atoms with Gasteiger partial charge < -0.3 is 24.2 Å². The lowest BCUT2D eigenvalue weighted by molar-refractivity contribution is -0.136. The van der Waals surface area contributed by atoms with E-state index in [9.17, 15) is 14.4 Å². The predicted molar refractivity (Wildman–Crippen MR) is 164 cm³/mol. The van der Waals surface area contributed by atoms with Crippen LogP contribution in [0.2, 0.25) is 5.02 Å². The summed E-state index contributed by atoms with van der Waals surface area (Å²) in [5.41, 5.74) is 3.55. The molecule has 0 radical (unpaired) electrons. The molecule has 2 aromatic heterocycles. The maximum Gasteiger partial charge on any atom is 0.408 e. The van der Waals surface area contributed by atoms with Crippen LogP contribution < -0.4 is 15.7 Å². The molecule has 0 aliphatic rings. The quantitative estimate of drug-likeness (QED) is 0.111. The Labute approximate surface area is 250 Å². The summed E-state index contributed by atoms with van der Waals surface area (Å²) in [6.45, 7) is 0.0286. The van der Waals surface area contributed by atoms with Crippen LogP contribution in [0.5, 0.6) is 5.75 Å². The van der Waals surface area contributed by atoms with Crippen LogP contribution in [0.3, 0.4) is 0 Å². The van der Waals surface area contributed by atoms with Crippen molar-refractivity contribution in [1.29, 1.82) is 0 Å². The molecule has 8 nitrogen and oxygen atoms in total. The lowest BCUT2D eigenvalue weighted by Gasteiger charge is -2.18. The molecule has 0 aliphatic heterocycles. The highest BCUT2D eigenvalue weighted by Gasteiger charge is 2.27. The zero-order valence-corrected chi connectivity index (χ0v) is 23.5. The average molecular weight is 593 g/mol. The maximum atomic E-state index is 13.6. The van der Waals surface area contributed by atoms with Crippen molar-refractivity contribution in [2.75, 3.05) is 0 Å². The highest BCUT2D eigenvalue weighted by atomic mass is 35.5. The van der Waals surface area contributed by atoms with Crippen LogP contribution in [0.15, 0.2) is 119 Å². The van der Waals surface area contributed by atoms with Gasteiger partial charge in [0.15, 0.2) is 5.75 Å². The third-order valence-corrected chi connectivity index (χ3v) is 7.28. The molecule has 43 heavy (non-hydrogen) atoms. The van der Waals surface area contributed by atoms with Crippen LogP contribution in [0, 0.1) is 0 Å². The lowest BCUT2D eigenvalue weighted by atomic mass is 10.0. The van der Waals surface area contributed by atoms with Gasteiger partial charge in [0.25, 0.3) is 0 Å². The van der Waals surface area contributed by atoms with Gasteiger partial charge in [-0.15, -0.1) is 0 Å². The Morgan fingerprint density at radius 2 is 1.60 bits per heavy atom. The van der Waals surface area contributed by atoms with Gasteiger partial charge in [-0.2, -0.15) is 0 Å². The molecule has 6 rings (SSSR count). The molecule has 0 spiro atoms. The van der Waals surface area contributed by atoms with Gasteiger partial charge >= 0.3 is 17.7 Å². The summed E-state index contributed by atoms with van der Waals surface area (Å²) >= 11 is 6.58. The number of amides is 1. The fourth-order valence-electron chi connectivity index (χ4n) is 4.90. The molecule has 0 saturated heterocycles. The Bertz CT molecular complexity index is 1990. The summed E-state index contributed by atoms with van der Waals surface area (Å²) in [5.74, 6) is -0.791. The summed E-state index contributed by atoms with van der Waals surface area (Å²) in [6, 6.07) is 29.4. The third kappa shape index (κ3) is 6.29. The van der Waals surface area contributed by atoms with Crippen LogP contribution in [0.4, 0.5) is 4.79 Å². The molecule has 0 bridgehead atoms. The smallest absolute Gasteiger partial charge is 0.408 e. The van der Waals surface area contributed by atoms with Gasteiger partial charge in [-0.25, -0.2) is 14.4 Å². The van der Waals surface area contributed by atoms with Gasteiger partial charge in [0.05, 0.1) is 5.02 Å². The number of para-hydroxylation sites is 1. The molecule has 1 amide bonds. The molecule has 0 saturated carbocycles. The van der Waals surface area contributed by atoms with Crippen molar-refractivity contribution in [3.05, 3.63) is 136 Å². The molecular weight excluding hydrogens is 568 g/mol. The first-order chi connectivity index (χ1) is 20.9. The van der Waals surface area contributed by atoms with Crippen molar-refractivity contribution >= 4 is 45.5 Å². The van der Waals surface area contributed by atoms with Crippen LogP contribution in [-0.2, 0) is 22.6 Å². The second-order valence-electron chi connectivity index (χ2n) is 9.87. The Morgan fingerprint density at radius 3 is 2.40 bits per heavy atom. The number of aromatic amines is 1. The highest BCUT2D eigenvalue weighted by Crippen LogP contribution is 2.35. The molecule has 2 heterocycles. The molecule has 214 valence electrons. The van der Waals surface area contributed by atoms with Gasteiger partial charge in [0.2, 0.25) is 0 Å². The molecule has 0 fully saturated rings. The standard InChI is InChI=1S/C34H25ClN2O6/c35-27-16-26-25(22-11-5-2-6-12-22)17-32(38)42-30(26)18-31(27)43-33(39)29(15-23-19-36-28-14-8-7-13-24(23)28)37-34(40)41-20-21-9-3-1-4-10-21/h1-14,16-19,29,36H,15,20H2,(H,37,40). The first-order valence-corrected chi connectivity index (χ1v) is 13.9. The van der Waals surface area contributed by atoms with E-state index in [0.29, 0.717) is 10.9 Å². The minimum Gasteiger partial charge on any atom is -0.445 e. The SMILES string of the molecule is O=C(NC(Cc1c[nH]c2ccccc12)C(=O)Oc1cc2oc(=O)cc(-c3ccccc3)c2cc1Cl)OCc1ccccc1. The molecule has 4 aromatic carbocycles. The summed E-state index contributed by atoms with van der Waals surface area (Å²) in [5, 5.41) is 4.25. The van der Waals surface area contributed by atoms with Gasteiger partial charge in [-0.3, -0.25) is 0 Å². The fraction of sp³-hybridized carbons (Fsp3) is 0.0882. The number of hydrogen-bond donors (Lipinski definition) is 2. The first kappa shape index (κ1) is 27.8. The van der Waals surface area contributed by atoms with E-state index in [2.05, 4.69) is 10.3 Å². The minimum atomic E-state index is -1.13. The summed E-state index contributed by atoms with van der Waals surface area (Å²) in [6.07, 6.45) is 1.11. The molecule has 0 aliphatic carbocycles. The monoisotopic (exact) mass is 592 g/mol. The van der Waals surface area contributed by atoms with Gasteiger partial charge in [0, 0.05) is 41.0 Å². The molecule has 9 heteroatoms. The van der Waals surface area contributed by atoms with Gasteiger partial charge in [-0.05, 0) is 34.4 Å². The number of nitrogens with one attached hydrogen (secondary N) is 2. The van der Waals surface area contributed by atoms with Crippen molar-refractivity contribution in [2.45, 2.75) is 19.1 Å². The molecule has 2 N–H and O–H groups in total. The Hall–Kier alpha value is -5.34. The van der Waals surface area contributed by atoms with Crippen LogP contribution in [-0.4, -0.2) is 23.1 Å². The normalized spacial score (nSPS) is 11.7. The number of benzene rings is 4. The summed E-state index contributed by atoms with van der Waals surface area (Å²) in [7, 11) is 0. The molecular formula is C34H25ClN2O6. The summed E-state index contributed by atoms with van der Waals surface area (Å²) in [4.78, 5) is 42.0. The van der Waals surface area contributed by atoms with Crippen molar-refractivity contribution in [2.24, 2.45) is 0 Å². The number of ether oxygens (including phenoxy) is 2. The van der Waals surface area contributed by atoms with Crippen LogP contribution in [0.1, 0.15) is 11.1 Å². The largest absolute Gasteiger partial charge is 0.445 e. The lowest BCUT2D eigenvalue weighted by Crippen LogP contribution is -2.44. The van der Waals surface area contributed by atoms with E-state index < -0.39 is 23.7 Å². The third-order valence-electron chi connectivity index (χ3n) is 6.98. The Kier molecular flexibility index (Phi) is 7.93. The van der Waals surface area contributed by atoms with Crippen molar-refractivity contribution in [3.8, 4) is 16.9 Å². The highest BCUT2D eigenvalue weighted by molar-refractivity contribution is 6.33. The molecule has 1 unspecified atom stereocenters. The number of rotatable bonds is 8. The number of hydrogen-bond acceptors (Lipinski definition) is 6. The van der Waals surface area contributed by atoms with Gasteiger partial charge in [0.1, 0.15) is 18.2 Å². The van der Waals surface area contributed by atoms with E-state index in [0.717, 1.165) is 27.6 Å². The second kappa shape index (κ2) is 12.3. The molecule has 1 atom stereocenters. The van der Waals surface area contributed by atoms with Gasteiger partial charge in [-0.1, -0.05) is 90.5 Å². The van der Waals surface area contributed by atoms with E-state index >= 15 is 0 Å². The van der Waals surface area contributed by atoms with E-state index in [1.807, 2.05) is 84.9 Å². The number of alkyl carbamates (subject to hydrolysis) is 1. The van der Waals surface area contributed by atoms with E-state index in [4.69, 9.17) is 25.5 Å². The zero-order chi connectivity index (χ0) is 29.8. The fourth-order valence-corrected chi connectivity index (χ4v) is 5.10. The molecule has 6 aromatic rings. The van der Waals surface area contributed by atoms with Crippen molar-refractivity contribution < 1.29 is 23.5 Å². The topological polar surface area (TPSA) is 111 Å². The van der Waals surface area contributed by atoms with E-state index in [-0.39, 0.29) is 29.4 Å².